The van der Waals surface area contributed by atoms with Crippen LogP contribution in [0.4, 0.5) is 0 Å². The number of thiophene rings is 1. The predicted molar refractivity (Wildman–Crippen MR) is 145 cm³/mol. The average molecular weight is 560 g/mol. The van der Waals surface area contributed by atoms with Crippen molar-refractivity contribution in [3.63, 3.8) is 0 Å². The Morgan fingerprint density at radius 3 is 2.29 bits per heavy atom. The van der Waals surface area contributed by atoms with E-state index in [0.717, 1.165) is 36.9 Å². The zero-order valence-corrected chi connectivity index (χ0v) is 22.4. The van der Waals surface area contributed by atoms with Crippen LogP contribution < -0.4 is 0 Å². The highest BCUT2D eigenvalue weighted by Crippen LogP contribution is 2.33. The van der Waals surface area contributed by atoms with Gasteiger partial charge in [-0.25, -0.2) is 0 Å². The van der Waals surface area contributed by atoms with Crippen LogP contribution in [-0.4, -0.2) is 82.1 Å². The first kappa shape index (κ1) is 27.8. The second-order valence-corrected chi connectivity index (χ2v) is 10.5. The molecular weight excluding hydrogens is 531 g/mol. The Kier molecular flexibility index (Phi) is 9.48. The summed E-state index contributed by atoms with van der Waals surface area (Å²) in [6.45, 7) is 5.34. The zero-order valence-electron chi connectivity index (χ0n) is 19.2. The normalized spacial score (nSPS) is 16.4. The molecule has 0 bridgehead atoms. The van der Waals surface area contributed by atoms with Crippen molar-refractivity contribution in [3.8, 4) is 0 Å². The first-order valence-corrected chi connectivity index (χ1v) is 12.4. The van der Waals surface area contributed by atoms with Gasteiger partial charge in [-0.05, 0) is 30.2 Å². The van der Waals surface area contributed by atoms with Gasteiger partial charge in [-0.1, -0.05) is 29.8 Å². The van der Waals surface area contributed by atoms with Gasteiger partial charge in [0.1, 0.15) is 0 Å². The van der Waals surface area contributed by atoms with Crippen LogP contribution >= 0.6 is 47.8 Å². The van der Waals surface area contributed by atoms with Gasteiger partial charge in [0.25, 0.3) is 0 Å². The van der Waals surface area contributed by atoms with Crippen LogP contribution in [0.25, 0.3) is 10.9 Å². The third kappa shape index (κ3) is 6.13. The molecule has 35 heavy (non-hydrogen) atoms. The van der Waals surface area contributed by atoms with Crippen molar-refractivity contribution in [3.05, 3.63) is 56.9 Å². The minimum Gasteiger partial charge on any atom is -0.480 e. The number of carboxylic acids is 1. The van der Waals surface area contributed by atoms with E-state index in [2.05, 4.69) is 39.8 Å². The molecule has 1 fully saturated rings. The Balaban J connectivity index is 0.00000171. The first-order chi connectivity index (χ1) is 16.0. The SMILES string of the molecule is Cl.Cl.O=C(O)CN1CCN(CC(=O)N2CCc3c(n(Cc4ccc(Cl)s4)c4ccccc34)C2)CC1. The fraction of sp³-hybridized carbons (Fsp3) is 0.417. The molecule has 0 unspecified atom stereocenters. The molecule has 1 saturated heterocycles. The van der Waals surface area contributed by atoms with Crippen LogP contribution in [0.15, 0.2) is 36.4 Å². The summed E-state index contributed by atoms with van der Waals surface area (Å²) in [6.07, 6.45) is 0.853. The summed E-state index contributed by atoms with van der Waals surface area (Å²) in [4.78, 5) is 31.3. The molecule has 0 spiro atoms. The maximum absolute atomic E-state index is 13.2. The third-order valence-corrected chi connectivity index (χ3v) is 7.86. The van der Waals surface area contributed by atoms with Crippen molar-refractivity contribution in [2.75, 3.05) is 45.8 Å². The number of fused-ring (bicyclic) bond motifs is 3. The highest BCUT2D eigenvalue weighted by Gasteiger charge is 2.28. The first-order valence-electron chi connectivity index (χ1n) is 11.3. The molecule has 7 nitrogen and oxygen atoms in total. The van der Waals surface area contributed by atoms with Gasteiger partial charge in [-0.2, -0.15) is 0 Å². The molecular formula is C24H29Cl3N4O3S. The molecule has 2 aliphatic rings. The minimum absolute atomic E-state index is 0. The van der Waals surface area contributed by atoms with Crippen LogP contribution in [0.5, 0.6) is 0 Å². The molecule has 0 atom stereocenters. The maximum Gasteiger partial charge on any atom is 0.317 e. The van der Waals surface area contributed by atoms with Crippen molar-refractivity contribution < 1.29 is 14.7 Å². The lowest BCUT2D eigenvalue weighted by Crippen LogP contribution is -2.51. The Hall–Kier alpha value is -1.81. The number of halogens is 3. The molecule has 1 N–H and O–H groups in total. The number of carboxylic acid groups (broad SMARTS) is 1. The number of aliphatic carboxylic acids is 1. The van der Waals surface area contributed by atoms with Crippen LogP contribution in [0, 0.1) is 0 Å². The highest BCUT2D eigenvalue weighted by molar-refractivity contribution is 7.16. The fourth-order valence-electron chi connectivity index (χ4n) is 4.97. The van der Waals surface area contributed by atoms with Crippen molar-refractivity contribution >= 4 is 70.5 Å². The molecule has 1 amide bonds. The lowest BCUT2D eigenvalue weighted by atomic mass is 10.0. The van der Waals surface area contributed by atoms with Crippen LogP contribution in [0.1, 0.15) is 16.1 Å². The van der Waals surface area contributed by atoms with Crippen LogP contribution in [0.2, 0.25) is 4.34 Å². The van der Waals surface area contributed by atoms with Gasteiger partial charge < -0.3 is 14.6 Å². The molecule has 11 heteroatoms. The van der Waals surface area contributed by atoms with E-state index >= 15 is 0 Å². The van der Waals surface area contributed by atoms with Gasteiger partial charge in [-0.3, -0.25) is 19.4 Å². The molecule has 5 rings (SSSR count). The van der Waals surface area contributed by atoms with E-state index in [4.69, 9.17) is 16.7 Å². The second-order valence-electron chi connectivity index (χ2n) is 8.75. The lowest BCUT2D eigenvalue weighted by molar-refractivity contribution is -0.139. The monoisotopic (exact) mass is 558 g/mol. The molecule has 0 saturated carbocycles. The smallest absolute Gasteiger partial charge is 0.317 e. The van der Waals surface area contributed by atoms with Crippen molar-refractivity contribution in [2.45, 2.75) is 19.5 Å². The number of piperazine rings is 1. The zero-order chi connectivity index (χ0) is 22.9. The fourth-order valence-corrected chi connectivity index (χ4v) is 6.05. The van der Waals surface area contributed by atoms with Crippen molar-refractivity contribution in [1.29, 1.82) is 0 Å². The number of hydrogen-bond donors (Lipinski definition) is 1. The van der Waals surface area contributed by atoms with Gasteiger partial charge >= 0.3 is 5.97 Å². The Labute approximate surface area is 226 Å². The van der Waals surface area contributed by atoms with Crippen LogP contribution in [0.3, 0.4) is 0 Å². The Bertz CT molecular complexity index is 1190. The van der Waals surface area contributed by atoms with Crippen LogP contribution in [-0.2, 0) is 29.1 Å². The van der Waals surface area contributed by atoms with E-state index in [-0.39, 0.29) is 37.3 Å². The van der Waals surface area contributed by atoms with Gasteiger partial charge in [0.05, 0.1) is 30.5 Å². The molecule has 1 aromatic carbocycles. The molecule has 4 heterocycles. The summed E-state index contributed by atoms with van der Waals surface area (Å²) in [6, 6.07) is 12.5. The highest BCUT2D eigenvalue weighted by atomic mass is 35.5. The number of carbonyl (C=O) groups is 2. The van der Waals surface area contributed by atoms with E-state index in [0.29, 0.717) is 26.2 Å². The number of para-hydroxylation sites is 1. The maximum atomic E-state index is 13.2. The van der Waals surface area contributed by atoms with Crippen molar-refractivity contribution in [2.24, 2.45) is 0 Å². The number of carbonyl (C=O) groups excluding carboxylic acids is 1. The summed E-state index contributed by atoms with van der Waals surface area (Å²) in [5, 5.41) is 10.2. The van der Waals surface area contributed by atoms with E-state index in [1.165, 1.54) is 27.0 Å². The average Bonchev–Trinajstić information content (AvgIpc) is 3.36. The number of hydrogen-bond acceptors (Lipinski definition) is 5. The molecule has 0 radical (unpaired) electrons. The second kappa shape index (κ2) is 12.0. The molecule has 2 aliphatic heterocycles. The Morgan fingerprint density at radius 1 is 0.943 bits per heavy atom. The molecule has 3 aromatic rings. The number of aromatic nitrogens is 1. The molecule has 190 valence electrons. The van der Waals surface area contributed by atoms with Crippen molar-refractivity contribution in [1.82, 2.24) is 19.3 Å². The quantitative estimate of drug-likeness (QED) is 0.497. The largest absolute Gasteiger partial charge is 0.480 e. The number of benzene rings is 1. The number of amides is 1. The summed E-state index contributed by atoms with van der Waals surface area (Å²) in [7, 11) is 0. The number of nitrogens with zero attached hydrogens (tertiary/aromatic N) is 4. The standard InChI is InChI=1S/C24H27ClN4O3S.2ClH/c25-22-6-5-17(33-22)13-29-20-4-2-1-3-18(20)19-7-8-28(14-21(19)29)23(30)15-26-9-11-27(12-10-26)16-24(31)32;;/h1-6H,7-16H2,(H,31,32);2*1H. The van der Waals surface area contributed by atoms with Gasteiger partial charge in [0.15, 0.2) is 0 Å². The summed E-state index contributed by atoms with van der Waals surface area (Å²) >= 11 is 7.77. The lowest BCUT2D eigenvalue weighted by Gasteiger charge is -2.35. The van der Waals surface area contributed by atoms with E-state index < -0.39 is 5.97 Å². The summed E-state index contributed by atoms with van der Waals surface area (Å²) in [5.41, 5.74) is 3.77. The van der Waals surface area contributed by atoms with Gasteiger partial charge in [0.2, 0.25) is 5.91 Å². The molecule has 2 aromatic heterocycles. The van der Waals surface area contributed by atoms with E-state index in [9.17, 15) is 9.59 Å². The Morgan fingerprint density at radius 2 is 1.63 bits per heavy atom. The molecule has 0 aliphatic carbocycles. The summed E-state index contributed by atoms with van der Waals surface area (Å²) < 4.78 is 3.13. The topological polar surface area (TPSA) is 69.0 Å². The van der Waals surface area contributed by atoms with E-state index in [1.54, 1.807) is 11.3 Å². The summed E-state index contributed by atoms with van der Waals surface area (Å²) in [5.74, 6) is -0.660. The van der Waals surface area contributed by atoms with Gasteiger partial charge in [0, 0.05) is 54.2 Å². The van der Waals surface area contributed by atoms with Gasteiger partial charge in [-0.15, -0.1) is 36.2 Å². The predicted octanol–water partition coefficient (Wildman–Crippen LogP) is 3.84. The third-order valence-electron chi connectivity index (χ3n) is 6.64. The van der Waals surface area contributed by atoms with E-state index in [1.807, 2.05) is 15.9 Å². The minimum atomic E-state index is -0.802. The number of rotatable bonds is 6.